The number of hydrogen-bond donors (Lipinski definition) is 1. The highest BCUT2D eigenvalue weighted by Crippen LogP contribution is 2.27. The summed E-state index contributed by atoms with van der Waals surface area (Å²) in [7, 11) is 4.76. The zero-order valence-corrected chi connectivity index (χ0v) is 15.4. The number of rotatable bonds is 7. The standard InChI is InChI=1S/C20H21N3O4/c1-25-17-7-5-16(6-8-17)23-13-15(12-21-23)22-20(24)11-14-4-9-18(26-2)19(10-14)27-3/h4-10,12-13H,11H2,1-3H3,(H,22,24). The Hall–Kier alpha value is -3.48. The van der Waals surface area contributed by atoms with Crippen molar-refractivity contribution in [3.05, 3.63) is 60.4 Å². The quantitative estimate of drug-likeness (QED) is 0.695. The second-order valence-electron chi connectivity index (χ2n) is 5.79. The average molecular weight is 367 g/mol. The van der Waals surface area contributed by atoms with E-state index in [0.29, 0.717) is 17.2 Å². The lowest BCUT2D eigenvalue weighted by Crippen LogP contribution is -2.14. The summed E-state index contributed by atoms with van der Waals surface area (Å²) in [5, 5.41) is 7.13. The minimum absolute atomic E-state index is 0.142. The summed E-state index contributed by atoms with van der Waals surface area (Å²) >= 11 is 0. The molecule has 7 heteroatoms. The number of hydrogen-bond acceptors (Lipinski definition) is 5. The lowest BCUT2D eigenvalue weighted by molar-refractivity contribution is -0.115. The number of carbonyl (C=O) groups is 1. The van der Waals surface area contributed by atoms with Crippen LogP contribution in [-0.4, -0.2) is 37.0 Å². The Balaban J connectivity index is 1.65. The van der Waals surface area contributed by atoms with Gasteiger partial charge in [-0.2, -0.15) is 5.10 Å². The first kappa shape index (κ1) is 18.3. The van der Waals surface area contributed by atoms with Gasteiger partial charge in [-0.3, -0.25) is 4.79 Å². The maximum atomic E-state index is 12.3. The topological polar surface area (TPSA) is 74.6 Å². The van der Waals surface area contributed by atoms with Gasteiger partial charge in [0.15, 0.2) is 11.5 Å². The molecule has 0 fully saturated rings. The molecule has 3 aromatic rings. The summed E-state index contributed by atoms with van der Waals surface area (Å²) in [6.07, 6.45) is 3.58. The van der Waals surface area contributed by atoms with Crippen LogP contribution in [-0.2, 0) is 11.2 Å². The third kappa shape index (κ3) is 4.38. The number of methoxy groups -OCH3 is 3. The molecule has 140 valence electrons. The van der Waals surface area contributed by atoms with Crippen LogP contribution in [0.15, 0.2) is 54.9 Å². The molecule has 0 saturated heterocycles. The van der Waals surface area contributed by atoms with Crippen LogP contribution >= 0.6 is 0 Å². The fraction of sp³-hybridized carbons (Fsp3) is 0.200. The van der Waals surface area contributed by atoms with E-state index < -0.39 is 0 Å². The van der Waals surface area contributed by atoms with Crippen LogP contribution in [0, 0.1) is 0 Å². The van der Waals surface area contributed by atoms with Crippen LogP contribution in [0.3, 0.4) is 0 Å². The Bertz CT molecular complexity index is 919. The first-order valence-electron chi connectivity index (χ1n) is 8.33. The summed E-state index contributed by atoms with van der Waals surface area (Å²) in [5.74, 6) is 1.85. The molecule has 1 aromatic heterocycles. The van der Waals surface area contributed by atoms with E-state index >= 15 is 0 Å². The van der Waals surface area contributed by atoms with E-state index in [1.807, 2.05) is 30.3 Å². The first-order chi connectivity index (χ1) is 13.1. The van der Waals surface area contributed by atoms with Crippen molar-refractivity contribution in [2.24, 2.45) is 0 Å². The molecule has 0 unspecified atom stereocenters. The van der Waals surface area contributed by atoms with Crippen molar-refractivity contribution in [1.82, 2.24) is 9.78 Å². The summed E-state index contributed by atoms with van der Waals surface area (Å²) in [5.41, 5.74) is 2.32. The van der Waals surface area contributed by atoms with Crippen molar-refractivity contribution in [2.45, 2.75) is 6.42 Å². The van der Waals surface area contributed by atoms with Crippen molar-refractivity contribution in [3.63, 3.8) is 0 Å². The Morgan fingerprint density at radius 1 is 1.00 bits per heavy atom. The number of nitrogens with one attached hydrogen (secondary N) is 1. The molecule has 2 aromatic carbocycles. The zero-order chi connectivity index (χ0) is 19.2. The van der Waals surface area contributed by atoms with Gasteiger partial charge in [-0.1, -0.05) is 6.07 Å². The molecule has 0 aliphatic rings. The molecule has 27 heavy (non-hydrogen) atoms. The van der Waals surface area contributed by atoms with Crippen molar-refractivity contribution in [1.29, 1.82) is 0 Å². The summed E-state index contributed by atoms with van der Waals surface area (Å²) < 4.78 is 17.3. The number of anilines is 1. The van der Waals surface area contributed by atoms with E-state index in [0.717, 1.165) is 17.0 Å². The third-order valence-electron chi connectivity index (χ3n) is 4.02. The van der Waals surface area contributed by atoms with Crippen LogP contribution in [0.4, 0.5) is 5.69 Å². The third-order valence-corrected chi connectivity index (χ3v) is 4.02. The highest BCUT2D eigenvalue weighted by atomic mass is 16.5. The Kier molecular flexibility index (Phi) is 5.61. The molecule has 0 spiro atoms. The molecular formula is C20H21N3O4. The molecule has 0 aliphatic carbocycles. The van der Waals surface area contributed by atoms with E-state index in [1.54, 1.807) is 50.5 Å². The van der Waals surface area contributed by atoms with Gasteiger partial charge in [-0.05, 0) is 42.0 Å². The molecule has 0 saturated carbocycles. The predicted molar refractivity (Wildman–Crippen MR) is 102 cm³/mol. The lowest BCUT2D eigenvalue weighted by Gasteiger charge is -2.09. The van der Waals surface area contributed by atoms with Crippen molar-refractivity contribution in [3.8, 4) is 22.9 Å². The number of carbonyl (C=O) groups excluding carboxylic acids is 1. The summed E-state index contributed by atoms with van der Waals surface area (Å²) in [4.78, 5) is 12.3. The van der Waals surface area contributed by atoms with Gasteiger partial charge in [0.1, 0.15) is 5.75 Å². The highest BCUT2D eigenvalue weighted by Gasteiger charge is 2.10. The average Bonchev–Trinajstić information content (AvgIpc) is 3.16. The predicted octanol–water partition coefficient (Wildman–Crippen LogP) is 3.08. The summed E-state index contributed by atoms with van der Waals surface area (Å²) in [6.45, 7) is 0. The van der Waals surface area contributed by atoms with E-state index in [9.17, 15) is 4.79 Å². The Morgan fingerprint density at radius 3 is 2.41 bits per heavy atom. The molecule has 1 heterocycles. The van der Waals surface area contributed by atoms with Crippen LogP contribution in [0.2, 0.25) is 0 Å². The zero-order valence-electron chi connectivity index (χ0n) is 15.4. The second-order valence-corrected chi connectivity index (χ2v) is 5.79. The van der Waals surface area contributed by atoms with Gasteiger partial charge in [0, 0.05) is 0 Å². The van der Waals surface area contributed by atoms with Crippen molar-refractivity contribution in [2.75, 3.05) is 26.6 Å². The van der Waals surface area contributed by atoms with Gasteiger partial charge in [0.25, 0.3) is 0 Å². The van der Waals surface area contributed by atoms with E-state index in [1.165, 1.54) is 0 Å². The molecule has 1 amide bonds. The fourth-order valence-electron chi connectivity index (χ4n) is 2.64. The molecule has 0 radical (unpaired) electrons. The fourth-order valence-corrected chi connectivity index (χ4v) is 2.64. The smallest absolute Gasteiger partial charge is 0.228 e. The summed E-state index contributed by atoms with van der Waals surface area (Å²) in [6, 6.07) is 12.9. The number of nitrogens with zero attached hydrogens (tertiary/aromatic N) is 2. The van der Waals surface area contributed by atoms with Gasteiger partial charge in [0.2, 0.25) is 5.91 Å². The van der Waals surface area contributed by atoms with Crippen LogP contribution in [0.25, 0.3) is 5.69 Å². The Morgan fingerprint density at radius 2 is 1.74 bits per heavy atom. The monoisotopic (exact) mass is 367 g/mol. The Labute approximate surface area is 157 Å². The van der Waals surface area contributed by atoms with Crippen molar-refractivity contribution < 1.29 is 19.0 Å². The highest BCUT2D eigenvalue weighted by molar-refractivity contribution is 5.92. The molecule has 1 N–H and O–H groups in total. The molecule has 3 rings (SSSR count). The number of ether oxygens (including phenoxy) is 3. The largest absolute Gasteiger partial charge is 0.497 e. The van der Waals surface area contributed by atoms with Gasteiger partial charge >= 0.3 is 0 Å². The SMILES string of the molecule is COc1ccc(-n2cc(NC(=O)Cc3ccc(OC)c(OC)c3)cn2)cc1. The lowest BCUT2D eigenvalue weighted by atomic mass is 10.1. The molecule has 0 bridgehead atoms. The normalized spacial score (nSPS) is 10.3. The molecule has 0 aliphatic heterocycles. The van der Waals surface area contributed by atoms with Gasteiger partial charge in [-0.15, -0.1) is 0 Å². The number of benzene rings is 2. The minimum atomic E-state index is -0.142. The molecule has 0 atom stereocenters. The van der Waals surface area contributed by atoms with Crippen LogP contribution < -0.4 is 19.5 Å². The molecular weight excluding hydrogens is 346 g/mol. The van der Waals surface area contributed by atoms with E-state index in [-0.39, 0.29) is 12.3 Å². The van der Waals surface area contributed by atoms with Crippen LogP contribution in [0.1, 0.15) is 5.56 Å². The number of amides is 1. The van der Waals surface area contributed by atoms with Gasteiger partial charge in [-0.25, -0.2) is 4.68 Å². The van der Waals surface area contributed by atoms with Gasteiger partial charge < -0.3 is 19.5 Å². The first-order valence-corrected chi connectivity index (χ1v) is 8.33. The van der Waals surface area contributed by atoms with Gasteiger partial charge in [0.05, 0.1) is 51.5 Å². The van der Waals surface area contributed by atoms with E-state index in [4.69, 9.17) is 14.2 Å². The van der Waals surface area contributed by atoms with Crippen molar-refractivity contribution >= 4 is 11.6 Å². The molecule has 7 nitrogen and oxygen atoms in total. The minimum Gasteiger partial charge on any atom is -0.497 e. The van der Waals surface area contributed by atoms with Crippen LogP contribution in [0.5, 0.6) is 17.2 Å². The maximum Gasteiger partial charge on any atom is 0.228 e. The maximum absolute atomic E-state index is 12.3. The van der Waals surface area contributed by atoms with E-state index in [2.05, 4.69) is 10.4 Å². The second kappa shape index (κ2) is 8.27. The number of aromatic nitrogens is 2.